The van der Waals surface area contributed by atoms with E-state index >= 15 is 0 Å². The summed E-state index contributed by atoms with van der Waals surface area (Å²) in [6.45, 7) is 4.52. The smallest absolute Gasteiger partial charge is 0.00143 e. The SMILES string of the molecule is CCCNCCC=CC1CC1. The van der Waals surface area contributed by atoms with Crippen LogP contribution in [0.5, 0.6) is 0 Å². The third-order valence-electron chi connectivity index (χ3n) is 1.94. The fourth-order valence-electron chi connectivity index (χ4n) is 1.06. The van der Waals surface area contributed by atoms with Crippen molar-refractivity contribution in [3.8, 4) is 0 Å². The Morgan fingerprint density at radius 1 is 1.36 bits per heavy atom. The summed E-state index contributed by atoms with van der Waals surface area (Å²) in [5.74, 6) is 0.946. The van der Waals surface area contributed by atoms with Crippen LogP contribution >= 0.6 is 0 Å². The van der Waals surface area contributed by atoms with Gasteiger partial charge in [-0.05, 0) is 44.7 Å². The van der Waals surface area contributed by atoms with Crippen molar-refractivity contribution in [2.24, 2.45) is 5.92 Å². The van der Waals surface area contributed by atoms with Crippen LogP contribution in [-0.4, -0.2) is 13.1 Å². The molecule has 1 heteroatoms. The molecule has 1 aliphatic rings. The topological polar surface area (TPSA) is 12.0 Å². The molecule has 1 rings (SSSR count). The van der Waals surface area contributed by atoms with Crippen molar-refractivity contribution < 1.29 is 0 Å². The van der Waals surface area contributed by atoms with E-state index < -0.39 is 0 Å². The Balaban J connectivity index is 1.79. The lowest BCUT2D eigenvalue weighted by Crippen LogP contribution is -2.14. The first-order valence-electron chi connectivity index (χ1n) is 4.81. The number of hydrogen-bond acceptors (Lipinski definition) is 1. The van der Waals surface area contributed by atoms with Gasteiger partial charge in [0.15, 0.2) is 0 Å². The molecular formula is C10H19N. The predicted octanol–water partition coefficient (Wildman–Crippen LogP) is 2.34. The molecule has 1 aliphatic carbocycles. The first-order chi connectivity index (χ1) is 5.43. The van der Waals surface area contributed by atoms with Crippen LogP contribution in [0.2, 0.25) is 0 Å². The summed E-state index contributed by atoms with van der Waals surface area (Å²) in [5.41, 5.74) is 0. The second kappa shape index (κ2) is 5.36. The molecule has 11 heavy (non-hydrogen) atoms. The zero-order valence-corrected chi connectivity index (χ0v) is 7.47. The molecule has 0 aromatic carbocycles. The largest absolute Gasteiger partial charge is 0.316 e. The minimum absolute atomic E-state index is 0.946. The summed E-state index contributed by atoms with van der Waals surface area (Å²) < 4.78 is 0. The highest BCUT2D eigenvalue weighted by Crippen LogP contribution is 2.29. The zero-order chi connectivity index (χ0) is 7.94. The maximum Gasteiger partial charge on any atom is -0.00143 e. The van der Waals surface area contributed by atoms with Gasteiger partial charge in [-0.2, -0.15) is 0 Å². The van der Waals surface area contributed by atoms with Gasteiger partial charge in [-0.25, -0.2) is 0 Å². The van der Waals surface area contributed by atoms with E-state index in [-0.39, 0.29) is 0 Å². The lowest BCUT2D eigenvalue weighted by molar-refractivity contribution is 0.677. The minimum atomic E-state index is 0.946. The molecule has 0 unspecified atom stereocenters. The first-order valence-corrected chi connectivity index (χ1v) is 4.81. The molecule has 0 spiro atoms. The van der Waals surface area contributed by atoms with Gasteiger partial charge in [-0.1, -0.05) is 19.1 Å². The van der Waals surface area contributed by atoms with Crippen LogP contribution in [0.1, 0.15) is 32.6 Å². The van der Waals surface area contributed by atoms with Crippen molar-refractivity contribution in [2.75, 3.05) is 13.1 Å². The highest BCUT2D eigenvalue weighted by Gasteiger charge is 2.16. The lowest BCUT2D eigenvalue weighted by Gasteiger charge is -1.97. The van der Waals surface area contributed by atoms with Gasteiger partial charge < -0.3 is 5.32 Å². The molecule has 0 aliphatic heterocycles. The Labute approximate surface area is 69.9 Å². The lowest BCUT2D eigenvalue weighted by atomic mass is 10.3. The van der Waals surface area contributed by atoms with E-state index in [0.29, 0.717) is 0 Å². The number of rotatable bonds is 6. The summed E-state index contributed by atoms with van der Waals surface area (Å²) in [6.07, 6.45) is 9.99. The zero-order valence-electron chi connectivity index (χ0n) is 7.47. The van der Waals surface area contributed by atoms with E-state index in [1.165, 1.54) is 25.7 Å². The van der Waals surface area contributed by atoms with Crippen LogP contribution in [0.25, 0.3) is 0 Å². The first kappa shape index (κ1) is 8.79. The number of allylic oxidation sites excluding steroid dienone is 1. The maximum atomic E-state index is 3.38. The molecule has 0 amide bonds. The normalized spacial score (nSPS) is 17.9. The standard InChI is InChI=1S/C10H19N/c1-2-8-11-9-4-3-5-10-6-7-10/h3,5,10-11H,2,4,6-9H2,1H3. The van der Waals surface area contributed by atoms with Gasteiger partial charge in [0.05, 0.1) is 0 Å². The van der Waals surface area contributed by atoms with Crippen molar-refractivity contribution in [3.63, 3.8) is 0 Å². The van der Waals surface area contributed by atoms with Gasteiger partial charge >= 0.3 is 0 Å². The second-order valence-electron chi connectivity index (χ2n) is 3.30. The Morgan fingerprint density at radius 2 is 2.18 bits per heavy atom. The van der Waals surface area contributed by atoms with E-state index in [1.54, 1.807) is 0 Å². The van der Waals surface area contributed by atoms with E-state index in [2.05, 4.69) is 24.4 Å². The fourth-order valence-corrected chi connectivity index (χ4v) is 1.06. The second-order valence-corrected chi connectivity index (χ2v) is 3.30. The van der Waals surface area contributed by atoms with Crippen LogP contribution in [0.15, 0.2) is 12.2 Å². The van der Waals surface area contributed by atoms with Crippen molar-refractivity contribution in [1.29, 1.82) is 0 Å². The average molecular weight is 153 g/mol. The molecule has 0 aromatic heterocycles. The summed E-state index contributed by atoms with van der Waals surface area (Å²) in [4.78, 5) is 0. The van der Waals surface area contributed by atoms with E-state index in [0.717, 1.165) is 19.0 Å². The Bertz CT molecular complexity index is 114. The van der Waals surface area contributed by atoms with E-state index in [4.69, 9.17) is 0 Å². The monoisotopic (exact) mass is 153 g/mol. The minimum Gasteiger partial charge on any atom is -0.316 e. The van der Waals surface area contributed by atoms with Gasteiger partial charge in [0.1, 0.15) is 0 Å². The summed E-state index contributed by atoms with van der Waals surface area (Å²) in [6, 6.07) is 0. The van der Waals surface area contributed by atoms with E-state index in [1.807, 2.05) is 0 Å². The van der Waals surface area contributed by atoms with Gasteiger partial charge in [0.2, 0.25) is 0 Å². The molecule has 0 bridgehead atoms. The highest BCUT2D eigenvalue weighted by atomic mass is 14.8. The maximum absolute atomic E-state index is 3.38. The molecule has 1 saturated carbocycles. The Morgan fingerprint density at radius 3 is 2.82 bits per heavy atom. The number of hydrogen-bond donors (Lipinski definition) is 1. The molecule has 1 nitrogen and oxygen atoms in total. The van der Waals surface area contributed by atoms with Gasteiger partial charge in [-0.15, -0.1) is 0 Å². The highest BCUT2D eigenvalue weighted by molar-refractivity contribution is 4.95. The molecule has 0 atom stereocenters. The molecular weight excluding hydrogens is 134 g/mol. The summed E-state index contributed by atoms with van der Waals surface area (Å²) in [7, 11) is 0. The third-order valence-corrected chi connectivity index (χ3v) is 1.94. The van der Waals surface area contributed by atoms with Crippen LogP contribution in [0, 0.1) is 5.92 Å². The molecule has 64 valence electrons. The van der Waals surface area contributed by atoms with Crippen LogP contribution in [-0.2, 0) is 0 Å². The van der Waals surface area contributed by atoms with E-state index in [9.17, 15) is 0 Å². The van der Waals surface area contributed by atoms with Crippen molar-refractivity contribution in [2.45, 2.75) is 32.6 Å². The van der Waals surface area contributed by atoms with Crippen LogP contribution in [0.3, 0.4) is 0 Å². The molecule has 1 N–H and O–H groups in total. The van der Waals surface area contributed by atoms with Crippen molar-refractivity contribution in [3.05, 3.63) is 12.2 Å². The molecule has 1 fully saturated rings. The fraction of sp³-hybridized carbons (Fsp3) is 0.800. The summed E-state index contributed by atoms with van der Waals surface area (Å²) >= 11 is 0. The third kappa shape index (κ3) is 5.02. The van der Waals surface area contributed by atoms with Crippen LogP contribution in [0.4, 0.5) is 0 Å². The quantitative estimate of drug-likeness (QED) is 0.456. The van der Waals surface area contributed by atoms with Gasteiger partial charge in [0, 0.05) is 0 Å². The van der Waals surface area contributed by atoms with Gasteiger partial charge in [0.25, 0.3) is 0 Å². The van der Waals surface area contributed by atoms with Crippen molar-refractivity contribution >= 4 is 0 Å². The van der Waals surface area contributed by atoms with Crippen LogP contribution < -0.4 is 5.32 Å². The predicted molar refractivity (Wildman–Crippen MR) is 49.6 cm³/mol. The molecule has 0 radical (unpaired) electrons. The molecule has 0 aromatic rings. The van der Waals surface area contributed by atoms with Gasteiger partial charge in [-0.3, -0.25) is 0 Å². The Kier molecular flexibility index (Phi) is 4.29. The Hall–Kier alpha value is -0.300. The summed E-state index contributed by atoms with van der Waals surface area (Å²) in [5, 5.41) is 3.38. The molecule has 0 heterocycles. The van der Waals surface area contributed by atoms with Crippen molar-refractivity contribution in [1.82, 2.24) is 5.32 Å². The number of nitrogens with one attached hydrogen (secondary N) is 1. The molecule has 0 saturated heterocycles. The average Bonchev–Trinajstić information content (AvgIpc) is 2.80.